The predicted molar refractivity (Wildman–Crippen MR) is 68.5 cm³/mol. The zero-order chi connectivity index (χ0) is 12.0. The van der Waals surface area contributed by atoms with Crippen molar-refractivity contribution in [2.45, 2.75) is 32.9 Å². The number of nitrogens with two attached hydrogens (primary N) is 1. The van der Waals surface area contributed by atoms with Crippen molar-refractivity contribution in [2.75, 3.05) is 6.54 Å². The van der Waals surface area contributed by atoms with Crippen LogP contribution in [-0.4, -0.2) is 23.3 Å². The van der Waals surface area contributed by atoms with Gasteiger partial charge in [-0.05, 0) is 19.4 Å². The maximum absolute atomic E-state index is 7.26. The van der Waals surface area contributed by atoms with Gasteiger partial charge >= 0.3 is 0 Å². The lowest BCUT2D eigenvalue weighted by Gasteiger charge is -2.26. The summed E-state index contributed by atoms with van der Waals surface area (Å²) in [5.41, 5.74) is 6.70. The molecule has 0 spiro atoms. The molecule has 0 aromatic heterocycles. The number of amidine groups is 1. The van der Waals surface area contributed by atoms with E-state index >= 15 is 0 Å². The predicted octanol–water partition coefficient (Wildman–Crippen LogP) is 2.22. The van der Waals surface area contributed by atoms with E-state index in [1.165, 1.54) is 5.56 Å². The topological polar surface area (TPSA) is 53.1 Å². The number of nitrogens with one attached hydrogen (secondary N) is 1. The molecule has 3 N–H and O–H groups in total. The van der Waals surface area contributed by atoms with E-state index in [0.29, 0.717) is 12.5 Å². The summed E-state index contributed by atoms with van der Waals surface area (Å²) in [4.78, 5) is 2.33. The fourth-order valence-electron chi connectivity index (χ4n) is 1.60. The summed E-state index contributed by atoms with van der Waals surface area (Å²) in [7, 11) is 0. The SMILES string of the molecule is CC(C)N(CCC(=N)N)Cc1ccccc1. The van der Waals surface area contributed by atoms with Gasteiger partial charge in [-0.25, -0.2) is 0 Å². The maximum Gasteiger partial charge on any atom is 0.0918 e. The lowest BCUT2D eigenvalue weighted by molar-refractivity contribution is 0.219. The molecule has 3 nitrogen and oxygen atoms in total. The monoisotopic (exact) mass is 219 g/mol. The van der Waals surface area contributed by atoms with Crippen molar-refractivity contribution in [3.05, 3.63) is 35.9 Å². The minimum Gasteiger partial charge on any atom is -0.388 e. The standard InChI is InChI=1S/C13H21N3/c1-11(2)16(9-8-13(14)15)10-12-6-4-3-5-7-12/h3-7,11H,8-10H2,1-2H3,(H3,14,15). The largest absolute Gasteiger partial charge is 0.388 e. The Morgan fingerprint density at radius 2 is 1.94 bits per heavy atom. The van der Waals surface area contributed by atoms with E-state index in [9.17, 15) is 0 Å². The highest BCUT2D eigenvalue weighted by atomic mass is 15.1. The molecule has 0 aliphatic rings. The number of rotatable bonds is 6. The van der Waals surface area contributed by atoms with E-state index in [0.717, 1.165) is 13.1 Å². The highest BCUT2D eigenvalue weighted by Crippen LogP contribution is 2.08. The van der Waals surface area contributed by atoms with Gasteiger partial charge in [0, 0.05) is 25.6 Å². The second-order valence-corrected chi connectivity index (χ2v) is 4.33. The molecule has 16 heavy (non-hydrogen) atoms. The molecule has 0 atom stereocenters. The molecular formula is C13H21N3. The molecule has 0 saturated heterocycles. The van der Waals surface area contributed by atoms with E-state index in [-0.39, 0.29) is 5.84 Å². The lowest BCUT2D eigenvalue weighted by atomic mass is 10.2. The van der Waals surface area contributed by atoms with Gasteiger partial charge in [-0.3, -0.25) is 10.3 Å². The van der Waals surface area contributed by atoms with Crippen LogP contribution in [0.25, 0.3) is 0 Å². The molecule has 0 unspecified atom stereocenters. The summed E-state index contributed by atoms with van der Waals surface area (Å²) >= 11 is 0. The van der Waals surface area contributed by atoms with E-state index in [2.05, 4.69) is 43.0 Å². The van der Waals surface area contributed by atoms with Crippen molar-refractivity contribution in [3.63, 3.8) is 0 Å². The van der Waals surface area contributed by atoms with Gasteiger partial charge in [-0.2, -0.15) is 0 Å². The van der Waals surface area contributed by atoms with E-state index in [1.54, 1.807) is 0 Å². The van der Waals surface area contributed by atoms with Gasteiger partial charge in [0.25, 0.3) is 0 Å². The van der Waals surface area contributed by atoms with Gasteiger partial charge in [0.05, 0.1) is 5.84 Å². The number of nitrogens with zero attached hydrogens (tertiary/aromatic N) is 1. The van der Waals surface area contributed by atoms with Crippen molar-refractivity contribution in [2.24, 2.45) is 5.73 Å². The molecule has 0 heterocycles. The summed E-state index contributed by atoms with van der Waals surface area (Å²) in [6.07, 6.45) is 0.644. The first-order valence-corrected chi connectivity index (χ1v) is 5.70. The highest BCUT2D eigenvalue weighted by Gasteiger charge is 2.09. The minimum absolute atomic E-state index is 0.263. The Morgan fingerprint density at radius 1 is 1.31 bits per heavy atom. The molecule has 0 aliphatic carbocycles. The molecule has 1 rings (SSSR count). The first-order valence-electron chi connectivity index (χ1n) is 5.70. The number of hydrogen-bond donors (Lipinski definition) is 2. The van der Waals surface area contributed by atoms with Crippen LogP contribution in [-0.2, 0) is 6.54 Å². The quantitative estimate of drug-likeness (QED) is 0.569. The molecular weight excluding hydrogens is 198 g/mol. The van der Waals surface area contributed by atoms with Gasteiger partial charge in [-0.1, -0.05) is 30.3 Å². The van der Waals surface area contributed by atoms with Crippen LogP contribution in [0.4, 0.5) is 0 Å². The van der Waals surface area contributed by atoms with Gasteiger partial charge < -0.3 is 5.73 Å². The molecule has 0 bridgehead atoms. The van der Waals surface area contributed by atoms with Gasteiger partial charge in [-0.15, -0.1) is 0 Å². The summed E-state index contributed by atoms with van der Waals surface area (Å²) in [6.45, 7) is 6.11. The Morgan fingerprint density at radius 3 is 2.44 bits per heavy atom. The molecule has 88 valence electrons. The molecule has 1 aromatic carbocycles. The lowest BCUT2D eigenvalue weighted by Crippen LogP contribution is -2.33. The molecule has 0 radical (unpaired) electrons. The van der Waals surface area contributed by atoms with Crippen molar-refractivity contribution < 1.29 is 0 Å². The Labute approximate surface area is 97.8 Å². The second-order valence-electron chi connectivity index (χ2n) is 4.33. The third-order valence-corrected chi connectivity index (χ3v) is 2.63. The number of hydrogen-bond acceptors (Lipinski definition) is 2. The summed E-state index contributed by atoms with van der Waals surface area (Å²) in [6, 6.07) is 10.9. The Bertz CT molecular complexity index is 319. The van der Waals surface area contributed by atoms with Crippen LogP contribution in [0.3, 0.4) is 0 Å². The Balaban J connectivity index is 2.54. The third kappa shape index (κ3) is 4.45. The fraction of sp³-hybridized carbons (Fsp3) is 0.462. The molecule has 1 aromatic rings. The second kappa shape index (κ2) is 6.28. The van der Waals surface area contributed by atoms with Gasteiger partial charge in [0.2, 0.25) is 0 Å². The van der Waals surface area contributed by atoms with Gasteiger partial charge in [0.1, 0.15) is 0 Å². The van der Waals surface area contributed by atoms with Crippen LogP contribution in [0.2, 0.25) is 0 Å². The highest BCUT2D eigenvalue weighted by molar-refractivity contribution is 5.76. The Kier molecular flexibility index (Phi) is 4.99. The smallest absolute Gasteiger partial charge is 0.0918 e. The molecule has 3 heteroatoms. The first kappa shape index (κ1) is 12.7. The summed E-state index contributed by atoms with van der Waals surface area (Å²) < 4.78 is 0. The summed E-state index contributed by atoms with van der Waals surface area (Å²) in [5.74, 6) is 0.263. The van der Waals surface area contributed by atoms with Crippen LogP contribution in [0.5, 0.6) is 0 Å². The molecule has 0 aliphatic heterocycles. The molecule has 0 fully saturated rings. The zero-order valence-electron chi connectivity index (χ0n) is 10.1. The van der Waals surface area contributed by atoms with Crippen molar-refractivity contribution in [1.82, 2.24) is 4.90 Å². The minimum atomic E-state index is 0.263. The van der Waals surface area contributed by atoms with Crippen molar-refractivity contribution in [1.29, 1.82) is 5.41 Å². The van der Waals surface area contributed by atoms with E-state index < -0.39 is 0 Å². The fourth-order valence-corrected chi connectivity index (χ4v) is 1.60. The zero-order valence-corrected chi connectivity index (χ0v) is 10.1. The summed E-state index contributed by atoms with van der Waals surface area (Å²) in [5, 5.41) is 7.26. The number of benzene rings is 1. The van der Waals surface area contributed by atoms with Crippen LogP contribution < -0.4 is 5.73 Å². The van der Waals surface area contributed by atoms with Crippen LogP contribution >= 0.6 is 0 Å². The van der Waals surface area contributed by atoms with Crippen LogP contribution in [0, 0.1) is 5.41 Å². The molecule has 0 amide bonds. The van der Waals surface area contributed by atoms with E-state index in [4.69, 9.17) is 11.1 Å². The Hall–Kier alpha value is -1.35. The van der Waals surface area contributed by atoms with Crippen molar-refractivity contribution in [3.8, 4) is 0 Å². The van der Waals surface area contributed by atoms with Crippen LogP contribution in [0.15, 0.2) is 30.3 Å². The van der Waals surface area contributed by atoms with Crippen molar-refractivity contribution >= 4 is 5.84 Å². The van der Waals surface area contributed by atoms with Gasteiger partial charge in [0.15, 0.2) is 0 Å². The van der Waals surface area contributed by atoms with Crippen LogP contribution in [0.1, 0.15) is 25.8 Å². The average molecular weight is 219 g/mol. The molecule has 0 saturated carbocycles. The van der Waals surface area contributed by atoms with E-state index in [1.807, 2.05) is 6.07 Å². The first-order chi connectivity index (χ1) is 7.59. The maximum atomic E-state index is 7.26. The average Bonchev–Trinajstić information content (AvgIpc) is 2.25. The third-order valence-electron chi connectivity index (χ3n) is 2.63. The normalized spacial score (nSPS) is 11.0.